The maximum Gasteiger partial charge on any atom is 0.265 e. The molecule has 0 bridgehead atoms. The quantitative estimate of drug-likeness (QED) is 0.918. The Bertz CT molecular complexity index is 439. The molecule has 7 heteroatoms. The second kappa shape index (κ2) is 7.19. The highest BCUT2D eigenvalue weighted by molar-refractivity contribution is 7.13. The van der Waals surface area contributed by atoms with Crippen LogP contribution in [0.25, 0.3) is 0 Å². The lowest BCUT2D eigenvalue weighted by atomic mass is 10.2. The van der Waals surface area contributed by atoms with Crippen molar-refractivity contribution in [2.24, 2.45) is 0 Å². The summed E-state index contributed by atoms with van der Waals surface area (Å²) in [7, 11) is 1.64. The van der Waals surface area contributed by atoms with Crippen molar-refractivity contribution in [3.8, 4) is 0 Å². The number of piperazine rings is 1. The topological polar surface area (TPSA) is 54.5 Å². The number of hydrogen-bond acceptors (Lipinski definition) is 5. The van der Waals surface area contributed by atoms with Gasteiger partial charge in [0.1, 0.15) is 9.88 Å². The van der Waals surface area contributed by atoms with Crippen LogP contribution in [0.2, 0.25) is 0 Å². The highest BCUT2D eigenvalue weighted by Gasteiger charge is 2.25. The van der Waals surface area contributed by atoms with E-state index in [-0.39, 0.29) is 18.3 Å². The van der Waals surface area contributed by atoms with Crippen molar-refractivity contribution in [3.05, 3.63) is 15.6 Å². The van der Waals surface area contributed by atoms with E-state index in [0.717, 1.165) is 35.2 Å². The van der Waals surface area contributed by atoms with Crippen molar-refractivity contribution < 1.29 is 9.53 Å². The summed E-state index contributed by atoms with van der Waals surface area (Å²) in [6, 6.07) is 0.356. The third kappa shape index (κ3) is 3.89. The minimum absolute atomic E-state index is 0. The maximum atomic E-state index is 12.4. The molecule has 1 amide bonds. The molecule has 0 radical (unpaired) electrons. The third-order valence-corrected chi connectivity index (χ3v) is 4.08. The minimum atomic E-state index is 0. The predicted molar refractivity (Wildman–Crippen MR) is 78.2 cm³/mol. The number of carbonyl (C=O) groups is 1. The molecular formula is C12H20ClN3O2S. The average molecular weight is 306 g/mol. The van der Waals surface area contributed by atoms with Crippen LogP contribution in [0.3, 0.4) is 0 Å². The van der Waals surface area contributed by atoms with E-state index in [1.807, 2.05) is 11.8 Å². The summed E-state index contributed by atoms with van der Waals surface area (Å²) < 4.78 is 5.05. The molecule has 1 saturated heterocycles. The molecule has 1 aliphatic heterocycles. The van der Waals surface area contributed by atoms with Gasteiger partial charge in [0.05, 0.1) is 12.3 Å². The lowest BCUT2D eigenvalue weighted by Crippen LogP contribution is -2.51. The minimum Gasteiger partial charge on any atom is -0.378 e. The molecule has 2 heterocycles. The molecular weight excluding hydrogens is 286 g/mol. The van der Waals surface area contributed by atoms with E-state index < -0.39 is 0 Å². The molecule has 0 saturated carbocycles. The molecule has 1 aromatic heterocycles. The van der Waals surface area contributed by atoms with Gasteiger partial charge in [-0.2, -0.15) is 0 Å². The van der Waals surface area contributed by atoms with Gasteiger partial charge in [-0.1, -0.05) is 0 Å². The predicted octanol–water partition coefficient (Wildman–Crippen LogP) is 1.45. The monoisotopic (exact) mass is 305 g/mol. The molecule has 19 heavy (non-hydrogen) atoms. The number of aromatic nitrogens is 1. The first-order valence-electron chi connectivity index (χ1n) is 6.09. The Labute approximate surface area is 123 Å². The Hall–Kier alpha value is -0.690. The van der Waals surface area contributed by atoms with Gasteiger partial charge in [0, 0.05) is 32.8 Å². The molecule has 0 aliphatic carbocycles. The largest absolute Gasteiger partial charge is 0.378 e. The van der Waals surface area contributed by atoms with Gasteiger partial charge in [0.15, 0.2) is 0 Å². The Kier molecular flexibility index (Phi) is 6.19. The fraction of sp³-hybridized carbons (Fsp3) is 0.667. The molecule has 108 valence electrons. The molecule has 0 unspecified atom stereocenters. The number of halogens is 1. The number of hydrogen-bond donors (Lipinski definition) is 1. The zero-order chi connectivity index (χ0) is 13.1. The van der Waals surface area contributed by atoms with E-state index >= 15 is 0 Å². The van der Waals surface area contributed by atoms with Crippen LogP contribution in [-0.2, 0) is 11.3 Å². The van der Waals surface area contributed by atoms with Gasteiger partial charge in [-0.05, 0) is 13.8 Å². The Balaban J connectivity index is 0.00000180. The number of ether oxygens (including phenoxy) is 1. The van der Waals surface area contributed by atoms with Gasteiger partial charge in [0.25, 0.3) is 5.91 Å². The Morgan fingerprint density at radius 2 is 2.37 bits per heavy atom. The molecule has 1 atom stereocenters. The van der Waals surface area contributed by atoms with Gasteiger partial charge >= 0.3 is 0 Å². The van der Waals surface area contributed by atoms with Crippen LogP contribution in [0, 0.1) is 6.92 Å². The summed E-state index contributed by atoms with van der Waals surface area (Å²) in [4.78, 5) is 19.4. The van der Waals surface area contributed by atoms with E-state index in [2.05, 4.69) is 17.2 Å². The molecule has 5 nitrogen and oxygen atoms in total. The SMILES string of the molecule is COCc1nc(C)c(C(=O)N2CCN[C@H](C)C2)s1.Cl. The van der Waals surface area contributed by atoms with Crippen LogP contribution >= 0.6 is 23.7 Å². The number of rotatable bonds is 3. The molecule has 2 rings (SSSR count). The van der Waals surface area contributed by atoms with Crippen molar-refractivity contribution in [2.45, 2.75) is 26.5 Å². The number of nitrogens with zero attached hydrogens (tertiary/aromatic N) is 2. The number of thiazole rings is 1. The molecule has 0 aromatic carbocycles. The molecule has 1 fully saturated rings. The first kappa shape index (κ1) is 16.4. The number of aryl methyl sites for hydroxylation is 1. The zero-order valence-corrected chi connectivity index (χ0v) is 13.1. The van der Waals surface area contributed by atoms with Crippen molar-refractivity contribution in [1.29, 1.82) is 0 Å². The molecule has 1 aromatic rings. The van der Waals surface area contributed by atoms with Crippen molar-refractivity contribution in [2.75, 3.05) is 26.7 Å². The van der Waals surface area contributed by atoms with E-state index in [1.54, 1.807) is 7.11 Å². The molecule has 1 N–H and O–H groups in total. The highest BCUT2D eigenvalue weighted by atomic mass is 35.5. The smallest absolute Gasteiger partial charge is 0.265 e. The number of carbonyl (C=O) groups excluding carboxylic acids is 1. The lowest BCUT2D eigenvalue weighted by molar-refractivity contribution is 0.0713. The summed E-state index contributed by atoms with van der Waals surface area (Å²) in [5, 5.41) is 4.19. The third-order valence-electron chi connectivity index (χ3n) is 2.96. The van der Waals surface area contributed by atoms with Crippen LogP contribution in [0.1, 0.15) is 27.3 Å². The second-order valence-corrected chi connectivity index (χ2v) is 5.65. The van der Waals surface area contributed by atoms with Crippen molar-refractivity contribution in [1.82, 2.24) is 15.2 Å². The normalized spacial score (nSPS) is 19.1. The second-order valence-electron chi connectivity index (χ2n) is 4.56. The van der Waals surface area contributed by atoms with Gasteiger partial charge < -0.3 is 15.0 Å². The van der Waals surface area contributed by atoms with E-state index in [4.69, 9.17) is 4.74 Å². The number of methoxy groups -OCH3 is 1. The van der Waals surface area contributed by atoms with Crippen molar-refractivity contribution >= 4 is 29.7 Å². The first-order valence-corrected chi connectivity index (χ1v) is 6.91. The van der Waals surface area contributed by atoms with Crippen LogP contribution in [0.4, 0.5) is 0 Å². The van der Waals surface area contributed by atoms with Crippen LogP contribution < -0.4 is 5.32 Å². The van der Waals surface area contributed by atoms with Gasteiger partial charge in [0.2, 0.25) is 0 Å². The van der Waals surface area contributed by atoms with Crippen molar-refractivity contribution in [3.63, 3.8) is 0 Å². The van der Waals surface area contributed by atoms with E-state index in [9.17, 15) is 4.79 Å². The summed E-state index contributed by atoms with van der Waals surface area (Å²) in [6.07, 6.45) is 0. The van der Waals surface area contributed by atoms with Crippen LogP contribution in [0.15, 0.2) is 0 Å². The number of amides is 1. The Morgan fingerprint density at radius 1 is 1.63 bits per heavy atom. The zero-order valence-electron chi connectivity index (χ0n) is 11.4. The standard InChI is InChI=1S/C12H19N3O2S.ClH/c1-8-6-15(5-4-13-8)12(16)11-9(2)14-10(18-11)7-17-3;/h8,13H,4-7H2,1-3H3;1H/t8-;/m1./s1. The maximum absolute atomic E-state index is 12.4. The molecule has 1 aliphatic rings. The van der Waals surface area contributed by atoms with E-state index in [0.29, 0.717) is 12.6 Å². The summed E-state index contributed by atoms with van der Waals surface area (Å²) in [6.45, 7) is 6.83. The van der Waals surface area contributed by atoms with Crippen LogP contribution in [0.5, 0.6) is 0 Å². The first-order chi connectivity index (χ1) is 8.61. The summed E-state index contributed by atoms with van der Waals surface area (Å²) >= 11 is 1.44. The Morgan fingerprint density at radius 3 is 3.00 bits per heavy atom. The highest BCUT2D eigenvalue weighted by Crippen LogP contribution is 2.21. The van der Waals surface area contributed by atoms with Gasteiger partial charge in [-0.25, -0.2) is 4.98 Å². The van der Waals surface area contributed by atoms with Gasteiger partial charge in [-0.15, -0.1) is 23.7 Å². The van der Waals surface area contributed by atoms with Gasteiger partial charge in [-0.3, -0.25) is 4.79 Å². The summed E-state index contributed by atoms with van der Waals surface area (Å²) in [5.74, 6) is 0.0979. The van der Waals surface area contributed by atoms with E-state index in [1.165, 1.54) is 11.3 Å². The molecule has 0 spiro atoms. The lowest BCUT2D eigenvalue weighted by Gasteiger charge is -2.31. The number of nitrogens with one attached hydrogen (secondary N) is 1. The summed E-state index contributed by atoms with van der Waals surface area (Å²) in [5.41, 5.74) is 0.809. The average Bonchev–Trinajstić information content (AvgIpc) is 2.70. The fourth-order valence-electron chi connectivity index (χ4n) is 2.10. The fourth-order valence-corrected chi connectivity index (χ4v) is 3.10. The van der Waals surface area contributed by atoms with Crippen LogP contribution in [-0.4, -0.2) is 48.6 Å².